The minimum absolute atomic E-state index is 0.586. The minimum Gasteiger partial charge on any atom is -0.310 e. The zero-order valence-electron chi connectivity index (χ0n) is 61.7. The second kappa shape index (κ2) is 23.7. The minimum atomic E-state index is -0.586. The highest BCUT2D eigenvalue weighted by Gasteiger charge is 2.52. The van der Waals surface area contributed by atoms with Gasteiger partial charge >= 0.3 is 0 Å². The summed E-state index contributed by atoms with van der Waals surface area (Å²) < 4.78 is 9.80. The zero-order valence-corrected chi connectivity index (χ0v) is 61.7. The van der Waals surface area contributed by atoms with Crippen molar-refractivity contribution in [2.75, 3.05) is 0 Å². The molecule has 0 bridgehead atoms. The molecule has 22 aromatic rings. The van der Waals surface area contributed by atoms with Crippen molar-refractivity contribution in [3.05, 3.63) is 409 Å². The van der Waals surface area contributed by atoms with Gasteiger partial charge < -0.3 is 18.3 Å². The van der Waals surface area contributed by atoms with Crippen LogP contribution in [0.5, 0.6) is 0 Å². The van der Waals surface area contributed by atoms with E-state index in [0.717, 1.165) is 24.2 Å². The van der Waals surface area contributed by atoms with Crippen LogP contribution in [0.1, 0.15) is 35.1 Å². The van der Waals surface area contributed by atoms with Crippen LogP contribution in [0, 0.1) is 0 Å². The third-order valence-corrected chi connectivity index (χ3v) is 25.6. The van der Waals surface area contributed by atoms with E-state index in [4.69, 9.17) is 0 Å². The fourth-order valence-electron chi connectivity index (χ4n) is 20.8. The molecule has 0 amide bonds. The predicted molar refractivity (Wildman–Crippen MR) is 474 cm³/mol. The standard InChI is InChI=1S/C109H68N4/c1-4-23-74(24-5-1)110-100-40-19-14-32-85(100)91-60-68(45-54-103(91)110)69-47-56-105-93(62-69)87-34-16-21-42-102(87)113(105)77-50-53-84-83-31-12-17-37-96(83)109(99(84)66-77)97-38-18-13-35-88(97)108-78(36-22-39-98(108)109)73-44-52-82-89-59-67(43-51-81(89)79-29-10-11-30-80(79)90(82)65-73)71-48-57-106-94(63-71)95-64-72(49-58-107(95)112(106)76-27-8-3-9-28-76)70-46-55-104-92(61-70)86-33-15-20-41-101(86)111(104)75-25-6-2-7-26-75/h1-15,17-20,22-66H,16,21H2. The lowest BCUT2D eigenvalue weighted by Gasteiger charge is -2.31. The van der Waals surface area contributed by atoms with E-state index in [1.165, 1.54) is 220 Å². The third-order valence-electron chi connectivity index (χ3n) is 25.6. The average Bonchev–Trinajstić information content (AvgIpc) is 1.50. The number of para-hydroxylation sites is 5. The lowest BCUT2D eigenvalue weighted by molar-refractivity contribution is 0.792. The van der Waals surface area contributed by atoms with Crippen molar-refractivity contribution in [2.45, 2.75) is 18.3 Å². The van der Waals surface area contributed by atoms with E-state index in [1.54, 1.807) is 0 Å². The van der Waals surface area contributed by atoms with E-state index in [2.05, 4.69) is 407 Å². The van der Waals surface area contributed by atoms with Gasteiger partial charge in [-0.1, -0.05) is 255 Å². The number of rotatable bonds is 8. The summed E-state index contributed by atoms with van der Waals surface area (Å²) in [5.41, 5.74) is 32.6. The van der Waals surface area contributed by atoms with Gasteiger partial charge in [0.25, 0.3) is 0 Å². The van der Waals surface area contributed by atoms with Crippen molar-refractivity contribution in [2.24, 2.45) is 0 Å². The Hall–Kier alpha value is -14.6. The highest BCUT2D eigenvalue weighted by molar-refractivity contribution is 6.27. The topological polar surface area (TPSA) is 19.7 Å². The first kappa shape index (κ1) is 62.3. The number of hydrogen-bond donors (Lipinski definition) is 0. The predicted octanol–water partition coefficient (Wildman–Crippen LogP) is 26.7. The number of aromatic nitrogens is 4. The number of hydrogen-bond acceptors (Lipinski definition) is 0. The lowest BCUT2D eigenvalue weighted by atomic mass is 9.70. The molecule has 4 heteroatoms. The quantitative estimate of drug-likeness (QED) is 0.135. The van der Waals surface area contributed by atoms with Crippen molar-refractivity contribution in [3.63, 3.8) is 0 Å². The molecule has 0 N–H and O–H groups in total. The highest BCUT2D eigenvalue weighted by Crippen LogP contribution is 2.64. The molecule has 4 heterocycles. The maximum Gasteiger partial charge on any atom is 0.0726 e. The van der Waals surface area contributed by atoms with E-state index < -0.39 is 5.41 Å². The van der Waals surface area contributed by atoms with Crippen LogP contribution in [0.15, 0.2) is 376 Å². The molecule has 18 aromatic carbocycles. The number of fused-ring (bicyclic) bond motifs is 28. The first-order valence-electron chi connectivity index (χ1n) is 39.6. The maximum absolute atomic E-state index is 2.57. The van der Waals surface area contributed by atoms with Crippen LogP contribution in [-0.2, 0) is 5.41 Å². The molecule has 1 unspecified atom stereocenters. The Bertz CT molecular complexity index is 8040. The van der Waals surface area contributed by atoms with Gasteiger partial charge in [0, 0.05) is 71.0 Å². The van der Waals surface area contributed by atoms with E-state index in [9.17, 15) is 0 Å². The summed E-state index contributed by atoms with van der Waals surface area (Å²) in [5.74, 6) is 0. The molecule has 524 valence electrons. The smallest absolute Gasteiger partial charge is 0.0726 e. The van der Waals surface area contributed by atoms with Gasteiger partial charge in [-0.15, -0.1) is 0 Å². The maximum atomic E-state index is 2.57. The van der Waals surface area contributed by atoms with Gasteiger partial charge in [0.2, 0.25) is 0 Å². The second-order valence-electron chi connectivity index (χ2n) is 31.2. The lowest BCUT2D eigenvalue weighted by Crippen LogP contribution is -2.30. The normalized spacial score (nSPS) is 14.1. The molecule has 4 aromatic heterocycles. The number of nitrogens with zero attached hydrogens (tertiary/aromatic N) is 4. The van der Waals surface area contributed by atoms with Crippen LogP contribution in [0.2, 0.25) is 0 Å². The molecule has 1 atom stereocenters. The summed E-state index contributed by atoms with van der Waals surface area (Å²) in [4.78, 5) is 0. The monoisotopic (exact) mass is 1430 g/mol. The Labute approximate surface area is 651 Å². The molecule has 3 aliphatic carbocycles. The average molecular weight is 1430 g/mol. The summed E-state index contributed by atoms with van der Waals surface area (Å²) in [6, 6.07) is 142. The van der Waals surface area contributed by atoms with Crippen molar-refractivity contribution >= 4 is 121 Å². The Morgan fingerprint density at radius 3 is 1.09 bits per heavy atom. The molecule has 1 spiro atoms. The van der Waals surface area contributed by atoms with E-state index >= 15 is 0 Å². The molecule has 0 radical (unpaired) electrons. The van der Waals surface area contributed by atoms with Crippen LogP contribution in [-0.4, -0.2) is 18.3 Å². The Morgan fingerprint density at radius 2 is 0.540 bits per heavy atom. The molecular formula is C109H68N4. The van der Waals surface area contributed by atoms with Gasteiger partial charge in [-0.3, -0.25) is 0 Å². The molecule has 0 saturated heterocycles. The van der Waals surface area contributed by atoms with E-state index in [1.807, 2.05) is 0 Å². The van der Waals surface area contributed by atoms with Gasteiger partial charge in [-0.2, -0.15) is 0 Å². The second-order valence-corrected chi connectivity index (χ2v) is 31.2. The van der Waals surface area contributed by atoms with Crippen molar-refractivity contribution in [1.82, 2.24) is 18.3 Å². The van der Waals surface area contributed by atoms with Crippen LogP contribution >= 0.6 is 0 Å². The zero-order chi connectivity index (χ0) is 73.7. The van der Waals surface area contributed by atoms with Crippen LogP contribution in [0.4, 0.5) is 0 Å². The van der Waals surface area contributed by atoms with Crippen molar-refractivity contribution < 1.29 is 0 Å². The molecule has 0 fully saturated rings. The third kappa shape index (κ3) is 8.80. The summed E-state index contributed by atoms with van der Waals surface area (Å²) >= 11 is 0. The summed E-state index contributed by atoms with van der Waals surface area (Å²) in [6.07, 6.45) is 6.97. The molecule has 4 nitrogen and oxygen atoms in total. The molecule has 0 aliphatic heterocycles. The summed E-state index contributed by atoms with van der Waals surface area (Å²) in [5, 5.41) is 18.8. The van der Waals surface area contributed by atoms with Crippen LogP contribution in [0.25, 0.3) is 210 Å². The van der Waals surface area contributed by atoms with Gasteiger partial charge in [0.1, 0.15) is 0 Å². The molecule has 25 rings (SSSR count). The molecule has 0 saturated carbocycles. The largest absolute Gasteiger partial charge is 0.310 e. The van der Waals surface area contributed by atoms with Gasteiger partial charge in [0.15, 0.2) is 0 Å². The Kier molecular flexibility index (Phi) is 13.1. The molecule has 3 aliphatic rings. The fraction of sp³-hybridized carbons (Fsp3) is 0.0275. The van der Waals surface area contributed by atoms with Gasteiger partial charge in [-0.05, 0) is 268 Å². The van der Waals surface area contributed by atoms with Crippen molar-refractivity contribution in [3.8, 4) is 89.5 Å². The van der Waals surface area contributed by atoms with Crippen LogP contribution in [0.3, 0.4) is 0 Å². The van der Waals surface area contributed by atoms with E-state index in [0.29, 0.717) is 0 Å². The molecular weight excluding hydrogens is 1370 g/mol. The highest BCUT2D eigenvalue weighted by atomic mass is 15.0. The van der Waals surface area contributed by atoms with Gasteiger partial charge in [0.05, 0.1) is 44.0 Å². The number of benzene rings is 18. The first-order chi connectivity index (χ1) is 56.1. The summed E-state index contributed by atoms with van der Waals surface area (Å²) in [7, 11) is 0. The summed E-state index contributed by atoms with van der Waals surface area (Å²) in [6.45, 7) is 0. The van der Waals surface area contributed by atoms with Crippen LogP contribution < -0.4 is 10.6 Å². The first-order valence-corrected chi connectivity index (χ1v) is 39.6. The fourth-order valence-corrected chi connectivity index (χ4v) is 20.8. The van der Waals surface area contributed by atoms with E-state index in [-0.39, 0.29) is 0 Å². The SMILES string of the molecule is C1=c2c(n(-c3ccc4c(c3)C3(c5ccccc5-4)c4ccccc4-c4c(-c5ccc6c7cc(-c8ccc9c(c8)c8cc(-c%10ccc%11c(c%10)c%10ccccc%10n%11-c%10ccccc%10)ccc8n9-c8ccccc8)ccc7c7ccccc7c6c5)cccc43)c3ccc(-c4ccc5c(c4)c4ccccc4n5-c4ccccc4)cc23)=CCC1. The van der Waals surface area contributed by atoms with Crippen molar-refractivity contribution in [1.29, 1.82) is 0 Å². The Morgan fingerprint density at radius 1 is 0.186 bits per heavy atom. The molecule has 113 heavy (non-hydrogen) atoms. The Balaban J connectivity index is 0.618. The van der Waals surface area contributed by atoms with Gasteiger partial charge in [-0.25, -0.2) is 0 Å².